The summed E-state index contributed by atoms with van der Waals surface area (Å²) in [6.07, 6.45) is 0.848. The molecule has 1 amide bonds. The van der Waals surface area contributed by atoms with Crippen LogP contribution in [0.25, 0.3) is 0 Å². The minimum absolute atomic E-state index is 0.0698. The summed E-state index contributed by atoms with van der Waals surface area (Å²) in [5, 5.41) is 3.07. The van der Waals surface area contributed by atoms with Gasteiger partial charge in [-0.25, -0.2) is 12.8 Å². The Morgan fingerprint density at radius 1 is 1.07 bits per heavy atom. The molecule has 0 aromatic heterocycles. The average Bonchev–Trinajstić information content (AvgIpc) is 2.52. The molecular formula is C20H32FN3O3S. The van der Waals surface area contributed by atoms with E-state index in [2.05, 4.69) is 26.1 Å². The van der Waals surface area contributed by atoms with E-state index in [1.165, 1.54) is 22.5 Å². The number of hydrogen-bond donors (Lipinski definition) is 1. The first-order valence-corrected chi connectivity index (χ1v) is 11.0. The molecule has 6 nitrogen and oxygen atoms in total. The lowest BCUT2D eigenvalue weighted by Crippen LogP contribution is -2.53. The molecule has 1 saturated heterocycles. The molecule has 1 N–H and O–H groups in total. The van der Waals surface area contributed by atoms with Crippen molar-refractivity contribution in [2.45, 2.75) is 51.5 Å². The van der Waals surface area contributed by atoms with Crippen LogP contribution < -0.4 is 5.32 Å². The summed E-state index contributed by atoms with van der Waals surface area (Å²) in [5.41, 5.74) is -0.213. The van der Waals surface area contributed by atoms with Gasteiger partial charge in [0.25, 0.3) is 0 Å². The van der Waals surface area contributed by atoms with Gasteiger partial charge in [0.2, 0.25) is 15.9 Å². The van der Waals surface area contributed by atoms with Gasteiger partial charge in [-0.15, -0.1) is 0 Å². The van der Waals surface area contributed by atoms with Crippen LogP contribution in [0.5, 0.6) is 0 Å². The van der Waals surface area contributed by atoms with Crippen molar-refractivity contribution in [1.82, 2.24) is 14.5 Å². The second-order valence-electron chi connectivity index (χ2n) is 9.28. The number of carbonyl (C=O) groups is 1. The van der Waals surface area contributed by atoms with Crippen LogP contribution in [0.3, 0.4) is 0 Å². The minimum atomic E-state index is -3.86. The molecule has 158 valence electrons. The van der Waals surface area contributed by atoms with Gasteiger partial charge in [-0.05, 0) is 37.8 Å². The second-order valence-corrected chi connectivity index (χ2v) is 11.2. The van der Waals surface area contributed by atoms with E-state index < -0.39 is 15.8 Å². The molecule has 1 aromatic rings. The van der Waals surface area contributed by atoms with Crippen LogP contribution in [-0.4, -0.2) is 61.8 Å². The van der Waals surface area contributed by atoms with E-state index in [4.69, 9.17) is 0 Å². The smallest absolute Gasteiger partial charge is 0.246 e. The van der Waals surface area contributed by atoms with Gasteiger partial charge in [0.05, 0.1) is 6.54 Å². The van der Waals surface area contributed by atoms with Gasteiger partial charge < -0.3 is 5.32 Å². The van der Waals surface area contributed by atoms with Gasteiger partial charge in [0.15, 0.2) is 0 Å². The Morgan fingerprint density at radius 3 is 2.18 bits per heavy atom. The van der Waals surface area contributed by atoms with Gasteiger partial charge in [0.1, 0.15) is 10.7 Å². The van der Waals surface area contributed by atoms with Crippen LogP contribution in [0.1, 0.15) is 41.0 Å². The highest BCUT2D eigenvalue weighted by Crippen LogP contribution is 2.26. The highest BCUT2D eigenvalue weighted by Gasteiger charge is 2.32. The van der Waals surface area contributed by atoms with Crippen LogP contribution >= 0.6 is 0 Å². The third-order valence-corrected chi connectivity index (χ3v) is 6.53. The van der Waals surface area contributed by atoms with Gasteiger partial charge in [-0.3, -0.25) is 9.69 Å². The predicted octanol–water partition coefficient (Wildman–Crippen LogP) is 2.46. The second kappa shape index (κ2) is 8.47. The molecule has 28 heavy (non-hydrogen) atoms. The highest BCUT2D eigenvalue weighted by atomic mass is 32.2. The molecule has 1 aliphatic rings. The zero-order valence-electron chi connectivity index (χ0n) is 17.5. The molecule has 0 aliphatic carbocycles. The highest BCUT2D eigenvalue weighted by molar-refractivity contribution is 7.89. The monoisotopic (exact) mass is 413 g/mol. The summed E-state index contributed by atoms with van der Waals surface area (Å²) in [5.74, 6) is -0.815. The minimum Gasteiger partial charge on any atom is -0.350 e. The zero-order valence-corrected chi connectivity index (χ0v) is 18.3. The van der Waals surface area contributed by atoms with E-state index in [9.17, 15) is 17.6 Å². The van der Waals surface area contributed by atoms with Crippen molar-refractivity contribution in [2.24, 2.45) is 5.41 Å². The molecule has 1 heterocycles. The molecule has 0 unspecified atom stereocenters. The van der Waals surface area contributed by atoms with Crippen molar-refractivity contribution in [2.75, 3.05) is 32.7 Å². The first-order chi connectivity index (χ1) is 12.8. The normalized spacial score (nSPS) is 17.5. The molecule has 1 aliphatic heterocycles. The number of halogens is 1. The molecule has 0 saturated carbocycles. The van der Waals surface area contributed by atoms with Crippen molar-refractivity contribution >= 4 is 15.9 Å². The number of nitrogens with zero attached hydrogens (tertiary/aromatic N) is 2. The molecule has 0 atom stereocenters. The number of rotatable bonds is 6. The molecular weight excluding hydrogens is 381 g/mol. The van der Waals surface area contributed by atoms with Gasteiger partial charge in [-0.2, -0.15) is 4.31 Å². The Hall–Kier alpha value is -1.51. The van der Waals surface area contributed by atoms with Crippen LogP contribution in [0, 0.1) is 11.2 Å². The Balaban J connectivity index is 1.90. The lowest BCUT2D eigenvalue weighted by molar-refractivity contribution is -0.124. The number of hydrogen-bond acceptors (Lipinski definition) is 4. The number of nitrogens with one attached hydrogen (secondary N) is 1. The summed E-state index contributed by atoms with van der Waals surface area (Å²) < 4.78 is 40.5. The maximum absolute atomic E-state index is 13.9. The number of benzene rings is 1. The van der Waals surface area contributed by atoms with Gasteiger partial charge in [0, 0.05) is 31.7 Å². The van der Waals surface area contributed by atoms with E-state index in [1.54, 1.807) is 0 Å². The molecule has 1 aromatic carbocycles. The molecule has 8 heteroatoms. The van der Waals surface area contributed by atoms with Crippen molar-refractivity contribution < 1.29 is 17.6 Å². The van der Waals surface area contributed by atoms with Crippen LogP contribution in [-0.2, 0) is 14.8 Å². The summed E-state index contributed by atoms with van der Waals surface area (Å²) in [6.45, 7) is 12.0. The van der Waals surface area contributed by atoms with Crippen molar-refractivity contribution in [3.05, 3.63) is 30.1 Å². The Kier molecular flexibility index (Phi) is 6.89. The van der Waals surface area contributed by atoms with E-state index in [0.29, 0.717) is 13.1 Å². The lowest BCUT2D eigenvalue weighted by Gasteiger charge is -2.36. The SMILES string of the molecule is CC(C)(C)CC(C)(C)NC(=O)CN1CCN(S(=O)(=O)c2ccccc2F)CC1. The van der Waals surface area contributed by atoms with Crippen molar-refractivity contribution in [3.8, 4) is 0 Å². The number of sulfonamides is 1. The number of amides is 1. The molecule has 2 rings (SSSR count). The topological polar surface area (TPSA) is 69.7 Å². The molecule has 1 fully saturated rings. The third kappa shape index (κ3) is 6.25. The summed E-state index contributed by atoms with van der Waals surface area (Å²) in [6, 6.07) is 5.40. The average molecular weight is 414 g/mol. The van der Waals surface area contributed by atoms with E-state index >= 15 is 0 Å². The fourth-order valence-electron chi connectivity index (χ4n) is 3.91. The summed E-state index contributed by atoms with van der Waals surface area (Å²) >= 11 is 0. The Morgan fingerprint density at radius 2 is 1.64 bits per heavy atom. The van der Waals surface area contributed by atoms with E-state index in [-0.39, 0.29) is 41.4 Å². The Labute approximate surface area is 168 Å². The van der Waals surface area contributed by atoms with Crippen LogP contribution in [0.4, 0.5) is 4.39 Å². The first kappa shape index (κ1) is 22.8. The summed E-state index contributed by atoms with van der Waals surface area (Å²) in [7, 11) is -3.86. The fraction of sp³-hybridized carbons (Fsp3) is 0.650. The quantitative estimate of drug-likeness (QED) is 0.778. The van der Waals surface area contributed by atoms with Crippen molar-refractivity contribution in [1.29, 1.82) is 0 Å². The van der Waals surface area contributed by atoms with Crippen molar-refractivity contribution in [3.63, 3.8) is 0 Å². The zero-order chi connectivity index (χ0) is 21.2. The maximum Gasteiger partial charge on any atom is 0.246 e. The standard InChI is InChI=1S/C20H32FN3O3S/c1-19(2,3)15-20(4,5)22-18(25)14-23-10-12-24(13-11-23)28(26,27)17-9-7-6-8-16(17)21/h6-9H,10-15H2,1-5H3,(H,22,25). The van der Waals surface area contributed by atoms with Gasteiger partial charge in [-0.1, -0.05) is 32.9 Å². The van der Waals surface area contributed by atoms with E-state index in [1.807, 2.05) is 18.7 Å². The fourth-order valence-corrected chi connectivity index (χ4v) is 5.40. The first-order valence-electron chi connectivity index (χ1n) is 9.58. The van der Waals surface area contributed by atoms with E-state index in [0.717, 1.165) is 12.5 Å². The molecule has 0 spiro atoms. The third-order valence-electron chi connectivity index (χ3n) is 4.60. The number of carbonyl (C=O) groups excluding carboxylic acids is 1. The summed E-state index contributed by atoms with van der Waals surface area (Å²) in [4.78, 5) is 14.0. The van der Waals surface area contributed by atoms with Crippen LogP contribution in [0.15, 0.2) is 29.2 Å². The van der Waals surface area contributed by atoms with Crippen LogP contribution in [0.2, 0.25) is 0 Å². The number of piperazine rings is 1. The molecule has 0 bridgehead atoms. The van der Waals surface area contributed by atoms with Gasteiger partial charge >= 0.3 is 0 Å². The predicted molar refractivity (Wildman–Crippen MR) is 108 cm³/mol. The maximum atomic E-state index is 13.9. The largest absolute Gasteiger partial charge is 0.350 e. The molecule has 0 radical (unpaired) electrons. The lowest BCUT2D eigenvalue weighted by atomic mass is 9.82. The Bertz CT molecular complexity index is 795.